The van der Waals surface area contributed by atoms with Gasteiger partial charge in [-0.05, 0) is 80.6 Å². The Morgan fingerprint density at radius 2 is 1.72 bits per heavy atom. The number of hydrogen-bond acceptors (Lipinski definition) is 13. The van der Waals surface area contributed by atoms with Crippen LogP contribution in [0.4, 0.5) is 11.5 Å². The van der Waals surface area contributed by atoms with Gasteiger partial charge in [0.2, 0.25) is 11.8 Å². The van der Waals surface area contributed by atoms with E-state index in [1.807, 2.05) is 49.4 Å². The van der Waals surface area contributed by atoms with Gasteiger partial charge in [-0.1, -0.05) is 18.2 Å². The highest BCUT2D eigenvalue weighted by Gasteiger charge is 2.45. The number of pyridine rings is 1. The third kappa shape index (κ3) is 7.87. The first kappa shape index (κ1) is 38.8. The second-order valence-corrected chi connectivity index (χ2v) is 15.7. The lowest BCUT2D eigenvalue weighted by Gasteiger charge is -2.36. The van der Waals surface area contributed by atoms with Gasteiger partial charge in [-0.3, -0.25) is 39.1 Å². The minimum Gasteiger partial charge on any atom is -0.494 e. The molecule has 1 atom stereocenters. The number of imidazole rings is 1. The van der Waals surface area contributed by atoms with Crippen LogP contribution < -0.4 is 25.6 Å². The van der Waals surface area contributed by atoms with Crippen molar-refractivity contribution in [2.24, 2.45) is 0 Å². The summed E-state index contributed by atoms with van der Waals surface area (Å²) in [7, 11) is 0. The van der Waals surface area contributed by atoms with Gasteiger partial charge in [0.05, 0.1) is 24.1 Å². The van der Waals surface area contributed by atoms with Gasteiger partial charge in [-0.15, -0.1) is 0 Å². The number of nitrogens with one attached hydrogen (secondary N) is 3. The van der Waals surface area contributed by atoms with E-state index in [0.717, 1.165) is 85.2 Å². The van der Waals surface area contributed by atoms with E-state index in [0.29, 0.717) is 35.7 Å². The molecule has 5 aromatic rings. The summed E-state index contributed by atoms with van der Waals surface area (Å²) in [5, 5.41) is 8.73. The van der Waals surface area contributed by atoms with Crippen LogP contribution in [0.25, 0.3) is 11.2 Å². The predicted octanol–water partition coefficient (Wildman–Crippen LogP) is 3.27. The van der Waals surface area contributed by atoms with Crippen molar-refractivity contribution < 1.29 is 28.7 Å². The molecule has 17 nitrogen and oxygen atoms in total. The van der Waals surface area contributed by atoms with Crippen molar-refractivity contribution in [1.29, 1.82) is 0 Å². The molecule has 3 aliphatic heterocycles. The fourth-order valence-electron chi connectivity index (χ4n) is 8.36. The van der Waals surface area contributed by atoms with Crippen LogP contribution in [-0.2, 0) is 16.1 Å². The van der Waals surface area contributed by atoms with E-state index in [9.17, 15) is 24.0 Å². The molecule has 0 unspecified atom stereocenters. The van der Waals surface area contributed by atoms with E-state index in [1.54, 1.807) is 30.9 Å². The second-order valence-electron chi connectivity index (χ2n) is 15.7. The van der Waals surface area contributed by atoms with E-state index < -0.39 is 29.7 Å². The zero-order chi connectivity index (χ0) is 41.3. The van der Waals surface area contributed by atoms with Gasteiger partial charge in [-0.25, -0.2) is 19.9 Å². The van der Waals surface area contributed by atoms with Crippen LogP contribution >= 0.6 is 0 Å². The number of piperidine rings is 1. The maximum atomic E-state index is 13.3. The number of ether oxygens (including phenoxy) is 1. The van der Waals surface area contributed by atoms with Gasteiger partial charge in [0, 0.05) is 69.2 Å². The van der Waals surface area contributed by atoms with Crippen molar-refractivity contribution in [3.63, 3.8) is 0 Å². The standard InChI is InChI=1S/C43H45N11O6/c1-26-4-2-5-34(48-26)40(56)49-28-20-30(21-28)53-25-47-37-38(45-24-46-39(37)53)44-23-27-6-9-31(10-7-27)60-19-3-14-51-15-17-52(18-16-51)29-8-11-32-33(22-29)43(59)54(42(32)58)35-12-13-36(55)50-41(35)57/h2,4-11,22,24-25,28,30,35H,3,12-21,23H2,1H3,(H,49,56)(H,44,45,46)(H,50,55,57)/t28?,30?,35-/m0/s1. The summed E-state index contributed by atoms with van der Waals surface area (Å²) in [5.74, 6) is -0.696. The normalized spacial score (nSPS) is 20.5. The van der Waals surface area contributed by atoms with Crippen molar-refractivity contribution in [3.8, 4) is 5.75 Å². The average molecular weight is 812 g/mol. The van der Waals surface area contributed by atoms with E-state index in [1.165, 1.54) is 0 Å². The summed E-state index contributed by atoms with van der Waals surface area (Å²) < 4.78 is 8.13. The summed E-state index contributed by atoms with van der Waals surface area (Å²) in [6.07, 6.45) is 6.00. The molecule has 60 heavy (non-hydrogen) atoms. The summed E-state index contributed by atoms with van der Waals surface area (Å²) in [5.41, 5.74) is 5.20. The van der Waals surface area contributed by atoms with Crippen LogP contribution in [0.2, 0.25) is 0 Å². The third-order valence-corrected chi connectivity index (χ3v) is 11.8. The number of anilines is 2. The molecule has 0 bridgehead atoms. The van der Waals surface area contributed by atoms with Crippen molar-refractivity contribution in [3.05, 3.63) is 101 Å². The fraction of sp³-hybridized carbons (Fsp3) is 0.372. The molecular formula is C43H45N11O6. The molecule has 308 valence electrons. The molecular weight excluding hydrogens is 767 g/mol. The second kappa shape index (κ2) is 16.5. The minimum absolute atomic E-state index is 0.0649. The highest BCUT2D eigenvalue weighted by atomic mass is 16.5. The number of piperazine rings is 1. The van der Waals surface area contributed by atoms with Crippen molar-refractivity contribution in [2.45, 2.75) is 63.7 Å². The van der Waals surface area contributed by atoms with E-state index >= 15 is 0 Å². The number of imide groups is 2. The first-order valence-corrected chi connectivity index (χ1v) is 20.4. The molecule has 2 saturated heterocycles. The van der Waals surface area contributed by atoms with E-state index in [-0.39, 0.29) is 36.4 Å². The first-order chi connectivity index (χ1) is 29.2. The quantitative estimate of drug-likeness (QED) is 0.116. The maximum absolute atomic E-state index is 13.3. The summed E-state index contributed by atoms with van der Waals surface area (Å²) in [4.78, 5) is 86.5. The molecule has 5 amide bonds. The van der Waals surface area contributed by atoms with E-state index in [2.05, 4.69) is 50.3 Å². The topological polar surface area (TPSA) is 197 Å². The Bertz CT molecular complexity index is 2480. The SMILES string of the molecule is Cc1cccc(C(=O)NC2CC(n3cnc4c(NCc5ccc(OCCCN6CCN(c7ccc8c(c7)C(=O)N([C@H]7CCC(=O)NC7=O)C8=O)CC6)cc5)ncnc43)C2)n1. The fourth-order valence-corrected chi connectivity index (χ4v) is 8.36. The highest BCUT2D eigenvalue weighted by Crippen LogP contribution is 2.35. The Morgan fingerprint density at radius 1 is 0.917 bits per heavy atom. The number of rotatable bonds is 13. The Labute approximate surface area is 345 Å². The summed E-state index contributed by atoms with van der Waals surface area (Å²) >= 11 is 0. The molecule has 0 spiro atoms. The molecule has 1 aliphatic carbocycles. The monoisotopic (exact) mass is 811 g/mol. The van der Waals surface area contributed by atoms with E-state index in [4.69, 9.17) is 4.74 Å². The largest absolute Gasteiger partial charge is 0.494 e. The van der Waals surface area contributed by atoms with Crippen LogP contribution in [0.3, 0.4) is 0 Å². The minimum atomic E-state index is -0.977. The van der Waals surface area contributed by atoms with Crippen molar-refractivity contribution in [2.75, 3.05) is 49.5 Å². The highest BCUT2D eigenvalue weighted by molar-refractivity contribution is 6.23. The molecule has 3 fully saturated rings. The lowest BCUT2D eigenvalue weighted by Crippen LogP contribution is -2.54. The number of aromatic nitrogens is 5. The lowest BCUT2D eigenvalue weighted by molar-refractivity contribution is -0.136. The molecule has 4 aliphatic rings. The number of aryl methyl sites for hydroxylation is 1. The molecule has 9 rings (SSSR count). The molecule has 1 saturated carbocycles. The lowest BCUT2D eigenvalue weighted by atomic mass is 9.86. The first-order valence-electron chi connectivity index (χ1n) is 20.4. The molecule has 3 N–H and O–H groups in total. The molecule has 6 heterocycles. The number of amides is 5. The Kier molecular flexibility index (Phi) is 10.6. The summed E-state index contributed by atoms with van der Waals surface area (Å²) in [6, 6.07) is 18.0. The number of carbonyl (C=O) groups excluding carboxylic acids is 5. The van der Waals surface area contributed by atoms with Gasteiger partial charge in [0.1, 0.15) is 29.3 Å². The Hall–Kier alpha value is -6.75. The third-order valence-electron chi connectivity index (χ3n) is 11.8. The molecule has 2 aromatic carbocycles. The zero-order valence-corrected chi connectivity index (χ0v) is 33.2. The van der Waals surface area contributed by atoms with Gasteiger partial charge < -0.3 is 24.8 Å². The van der Waals surface area contributed by atoms with Gasteiger partial charge in [0.15, 0.2) is 11.5 Å². The van der Waals surface area contributed by atoms with Crippen LogP contribution in [0, 0.1) is 6.92 Å². The number of benzene rings is 2. The average Bonchev–Trinajstić information content (AvgIpc) is 3.78. The van der Waals surface area contributed by atoms with Crippen molar-refractivity contribution in [1.82, 2.24) is 44.9 Å². The van der Waals surface area contributed by atoms with Crippen LogP contribution in [0.5, 0.6) is 5.75 Å². The molecule has 17 heteroatoms. The predicted molar refractivity (Wildman–Crippen MR) is 219 cm³/mol. The molecule has 3 aromatic heterocycles. The van der Waals surface area contributed by atoms with Gasteiger partial charge in [0.25, 0.3) is 17.7 Å². The Balaban J connectivity index is 0.695. The van der Waals surface area contributed by atoms with Gasteiger partial charge in [-0.2, -0.15) is 0 Å². The number of fused-ring (bicyclic) bond motifs is 2. The zero-order valence-electron chi connectivity index (χ0n) is 33.2. The molecule has 0 radical (unpaired) electrons. The van der Waals surface area contributed by atoms with Gasteiger partial charge >= 0.3 is 0 Å². The number of nitrogens with zero attached hydrogens (tertiary/aromatic N) is 8. The smallest absolute Gasteiger partial charge is 0.270 e. The summed E-state index contributed by atoms with van der Waals surface area (Å²) in [6.45, 7) is 7.13. The number of hydrogen-bond donors (Lipinski definition) is 3. The van der Waals surface area contributed by atoms with Crippen LogP contribution in [0.15, 0.2) is 73.3 Å². The number of carbonyl (C=O) groups is 5. The van der Waals surface area contributed by atoms with Crippen LogP contribution in [-0.4, -0.2) is 115 Å². The Morgan fingerprint density at radius 3 is 2.50 bits per heavy atom. The van der Waals surface area contributed by atoms with Crippen LogP contribution in [0.1, 0.15) is 80.6 Å². The van der Waals surface area contributed by atoms with Crippen molar-refractivity contribution >= 4 is 52.2 Å². The maximum Gasteiger partial charge on any atom is 0.270 e.